The van der Waals surface area contributed by atoms with Crippen molar-refractivity contribution in [2.24, 2.45) is 0 Å². The number of pyridine rings is 1. The smallest absolute Gasteiger partial charge is 0.408 e. The summed E-state index contributed by atoms with van der Waals surface area (Å²) in [6, 6.07) is 11.8. The van der Waals surface area contributed by atoms with E-state index in [9.17, 15) is 9.59 Å². The third-order valence-corrected chi connectivity index (χ3v) is 3.33. The SMILES string of the molecule is CC(C)(C)OC(=O)NC(Cc1ccccc1)C(=O)Nc1ccc(N)cn1. The number of rotatable bonds is 5. The van der Waals surface area contributed by atoms with Gasteiger partial charge in [-0.25, -0.2) is 9.78 Å². The molecule has 1 aromatic carbocycles. The van der Waals surface area contributed by atoms with Crippen molar-refractivity contribution < 1.29 is 14.3 Å². The lowest BCUT2D eigenvalue weighted by Crippen LogP contribution is -2.47. The topological polar surface area (TPSA) is 106 Å². The van der Waals surface area contributed by atoms with E-state index in [2.05, 4.69) is 15.6 Å². The first-order valence-electron chi connectivity index (χ1n) is 8.29. The third-order valence-electron chi connectivity index (χ3n) is 3.33. The van der Waals surface area contributed by atoms with Gasteiger partial charge in [0.2, 0.25) is 5.91 Å². The first-order valence-corrected chi connectivity index (χ1v) is 8.29. The highest BCUT2D eigenvalue weighted by atomic mass is 16.6. The van der Waals surface area contributed by atoms with E-state index >= 15 is 0 Å². The van der Waals surface area contributed by atoms with Gasteiger partial charge in [-0.1, -0.05) is 30.3 Å². The Morgan fingerprint density at radius 2 is 1.85 bits per heavy atom. The van der Waals surface area contributed by atoms with Gasteiger partial charge in [0.25, 0.3) is 0 Å². The standard InChI is InChI=1S/C19H24N4O3/c1-19(2,3)26-18(25)22-15(11-13-7-5-4-6-8-13)17(24)23-16-10-9-14(20)12-21-16/h4-10,12,15H,11,20H2,1-3H3,(H,22,25)(H,21,23,24). The van der Waals surface area contributed by atoms with Crippen LogP contribution in [-0.2, 0) is 16.0 Å². The average Bonchev–Trinajstić information content (AvgIpc) is 2.55. The zero-order valence-corrected chi connectivity index (χ0v) is 15.2. The van der Waals surface area contributed by atoms with Crippen molar-refractivity contribution in [2.75, 3.05) is 11.1 Å². The molecule has 0 saturated carbocycles. The largest absolute Gasteiger partial charge is 0.444 e. The Morgan fingerprint density at radius 3 is 2.42 bits per heavy atom. The molecule has 0 spiro atoms. The lowest BCUT2D eigenvalue weighted by Gasteiger charge is -2.23. The molecule has 0 aliphatic heterocycles. The highest BCUT2D eigenvalue weighted by Crippen LogP contribution is 2.11. The summed E-state index contributed by atoms with van der Waals surface area (Å²) in [6.45, 7) is 5.28. The Bertz CT molecular complexity index is 740. The van der Waals surface area contributed by atoms with Crippen molar-refractivity contribution in [3.8, 4) is 0 Å². The number of aromatic nitrogens is 1. The number of hydrogen-bond donors (Lipinski definition) is 3. The minimum atomic E-state index is -0.813. The zero-order valence-electron chi connectivity index (χ0n) is 15.2. The maximum absolute atomic E-state index is 12.7. The van der Waals surface area contributed by atoms with Gasteiger partial charge in [-0.05, 0) is 38.5 Å². The molecule has 1 heterocycles. The van der Waals surface area contributed by atoms with Crippen molar-refractivity contribution in [3.63, 3.8) is 0 Å². The molecular weight excluding hydrogens is 332 g/mol. The lowest BCUT2D eigenvalue weighted by atomic mass is 10.1. The molecule has 2 amide bonds. The highest BCUT2D eigenvalue weighted by molar-refractivity contribution is 5.96. The molecule has 0 saturated heterocycles. The van der Waals surface area contributed by atoms with Gasteiger partial charge in [0.1, 0.15) is 17.5 Å². The molecule has 26 heavy (non-hydrogen) atoms. The lowest BCUT2D eigenvalue weighted by molar-refractivity contribution is -0.118. The van der Waals surface area contributed by atoms with E-state index in [0.717, 1.165) is 5.56 Å². The summed E-state index contributed by atoms with van der Waals surface area (Å²) < 4.78 is 5.26. The van der Waals surface area contributed by atoms with Gasteiger partial charge < -0.3 is 21.1 Å². The van der Waals surface area contributed by atoms with Gasteiger partial charge in [0.05, 0.1) is 11.9 Å². The number of benzene rings is 1. The van der Waals surface area contributed by atoms with Crippen LogP contribution in [0, 0.1) is 0 Å². The number of hydrogen-bond acceptors (Lipinski definition) is 5. The Morgan fingerprint density at radius 1 is 1.15 bits per heavy atom. The van der Waals surface area contributed by atoms with Gasteiger partial charge >= 0.3 is 6.09 Å². The summed E-state index contributed by atoms with van der Waals surface area (Å²) in [5.74, 6) is -0.0368. The molecule has 7 nitrogen and oxygen atoms in total. The van der Waals surface area contributed by atoms with Gasteiger partial charge in [-0.2, -0.15) is 0 Å². The molecule has 1 aromatic heterocycles. The fraction of sp³-hybridized carbons (Fsp3) is 0.316. The maximum atomic E-state index is 12.7. The number of nitrogen functional groups attached to an aromatic ring is 1. The van der Waals surface area contributed by atoms with E-state index in [4.69, 9.17) is 10.5 Å². The van der Waals surface area contributed by atoms with Crippen LogP contribution >= 0.6 is 0 Å². The Hall–Kier alpha value is -3.09. The second-order valence-corrected chi connectivity index (χ2v) is 6.85. The minimum Gasteiger partial charge on any atom is -0.444 e. The number of carbonyl (C=O) groups excluding carboxylic acids is 2. The number of anilines is 2. The van der Waals surface area contributed by atoms with Crippen LogP contribution < -0.4 is 16.4 Å². The second kappa shape index (κ2) is 8.33. The van der Waals surface area contributed by atoms with E-state index in [1.165, 1.54) is 6.20 Å². The van der Waals surface area contributed by atoms with E-state index in [1.807, 2.05) is 30.3 Å². The zero-order chi connectivity index (χ0) is 19.2. The number of ether oxygens (including phenoxy) is 1. The summed E-state index contributed by atoms with van der Waals surface area (Å²) in [7, 11) is 0. The molecule has 7 heteroatoms. The molecule has 2 rings (SSSR count). The third kappa shape index (κ3) is 6.43. The first-order chi connectivity index (χ1) is 12.2. The van der Waals surface area contributed by atoms with Crippen molar-refractivity contribution in [1.82, 2.24) is 10.3 Å². The number of nitrogens with one attached hydrogen (secondary N) is 2. The van der Waals surface area contributed by atoms with Crippen LogP contribution in [0.4, 0.5) is 16.3 Å². The molecule has 2 aromatic rings. The normalized spacial score (nSPS) is 12.1. The highest BCUT2D eigenvalue weighted by Gasteiger charge is 2.25. The molecule has 1 unspecified atom stereocenters. The fourth-order valence-corrected chi connectivity index (χ4v) is 2.20. The summed E-state index contributed by atoms with van der Waals surface area (Å²) in [5, 5.41) is 5.31. The van der Waals surface area contributed by atoms with Crippen molar-refractivity contribution in [1.29, 1.82) is 0 Å². The van der Waals surface area contributed by atoms with Crippen LogP contribution in [0.5, 0.6) is 0 Å². The van der Waals surface area contributed by atoms with Crippen LogP contribution in [0.15, 0.2) is 48.7 Å². The predicted octanol–water partition coefficient (Wildman–Crippen LogP) is 2.74. The van der Waals surface area contributed by atoms with Crippen LogP contribution in [-0.4, -0.2) is 28.6 Å². The summed E-state index contributed by atoms with van der Waals surface area (Å²) in [6.07, 6.45) is 1.11. The van der Waals surface area contributed by atoms with Gasteiger partial charge in [0, 0.05) is 6.42 Å². The Kier molecular flexibility index (Phi) is 6.16. The molecule has 0 aliphatic rings. The van der Waals surface area contributed by atoms with Crippen LogP contribution in [0.3, 0.4) is 0 Å². The second-order valence-electron chi connectivity index (χ2n) is 6.85. The number of amides is 2. The number of carbonyl (C=O) groups is 2. The maximum Gasteiger partial charge on any atom is 0.408 e. The summed E-state index contributed by atoms with van der Waals surface area (Å²) in [4.78, 5) is 28.8. The predicted molar refractivity (Wildman–Crippen MR) is 101 cm³/mol. The molecular formula is C19H24N4O3. The van der Waals surface area contributed by atoms with Crippen molar-refractivity contribution >= 4 is 23.5 Å². The van der Waals surface area contributed by atoms with Gasteiger partial charge in [0.15, 0.2) is 0 Å². The van der Waals surface area contributed by atoms with Crippen molar-refractivity contribution in [2.45, 2.75) is 38.8 Å². The Labute approximate surface area is 153 Å². The Balaban J connectivity index is 2.11. The molecule has 1 atom stereocenters. The number of nitrogens with zero attached hydrogens (tertiary/aromatic N) is 1. The van der Waals surface area contributed by atoms with Gasteiger partial charge in [-0.15, -0.1) is 0 Å². The minimum absolute atomic E-state index is 0.320. The molecule has 0 radical (unpaired) electrons. The monoisotopic (exact) mass is 356 g/mol. The molecule has 0 aliphatic carbocycles. The number of nitrogens with two attached hydrogens (primary N) is 1. The van der Waals surface area contributed by atoms with Crippen LogP contribution in [0.25, 0.3) is 0 Å². The van der Waals surface area contributed by atoms with E-state index in [1.54, 1.807) is 32.9 Å². The molecule has 138 valence electrons. The fourth-order valence-electron chi connectivity index (χ4n) is 2.20. The van der Waals surface area contributed by atoms with Crippen LogP contribution in [0.1, 0.15) is 26.3 Å². The van der Waals surface area contributed by atoms with E-state index in [-0.39, 0.29) is 0 Å². The molecule has 0 bridgehead atoms. The van der Waals surface area contributed by atoms with Gasteiger partial charge in [-0.3, -0.25) is 4.79 Å². The van der Waals surface area contributed by atoms with Crippen LogP contribution in [0.2, 0.25) is 0 Å². The van der Waals surface area contributed by atoms with E-state index < -0.39 is 23.6 Å². The average molecular weight is 356 g/mol. The summed E-state index contributed by atoms with van der Waals surface area (Å²) >= 11 is 0. The first kappa shape index (κ1) is 19.2. The summed E-state index contributed by atoms with van der Waals surface area (Å²) in [5.41, 5.74) is 6.35. The molecule has 0 fully saturated rings. The number of alkyl carbamates (subject to hydrolysis) is 1. The quantitative estimate of drug-likeness (QED) is 0.764. The molecule has 4 N–H and O–H groups in total. The van der Waals surface area contributed by atoms with Crippen molar-refractivity contribution in [3.05, 3.63) is 54.2 Å². The van der Waals surface area contributed by atoms with E-state index in [0.29, 0.717) is 17.9 Å².